The molecule has 0 aromatic carbocycles. The van der Waals surface area contributed by atoms with Crippen molar-refractivity contribution < 1.29 is 9.13 Å². The number of hydrogen-bond acceptors (Lipinski definition) is 3. The molecule has 1 aliphatic heterocycles. The lowest BCUT2D eigenvalue weighted by molar-refractivity contribution is 0.192. The predicted octanol–water partition coefficient (Wildman–Crippen LogP) is 1.13. The van der Waals surface area contributed by atoms with E-state index in [1.165, 1.54) is 0 Å². The van der Waals surface area contributed by atoms with Crippen LogP contribution in [0.25, 0.3) is 0 Å². The van der Waals surface area contributed by atoms with Gasteiger partial charge in [-0.15, -0.1) is 0 Å². The fourth-order valence-corrected chi connectivity index (χ4v) is 1.24. The largest absolute Gasteiger partial charge is 0.477 e. The van der Waals surface area contributed by atoms with E-state index in [4.69, 9.17) is 4.74 Å². The normalized spacial score (nSPS) is 16.4. The molecule has 0 amide bonds. The van der Waals surface area contributed by atoms with E-state index in [1.807, 2.05) is 0 Å². The number of nitrogens with one attached hydrogen (secondary N) is 1. The molecule has 1 aliphatic rings. The Balaban J connectivity index is 1.91. The van der Waals surface area contributed by atoms with E-state index in [0.29, 0.717) is 24.0 Å². The zero-order valence-electron chi connectivity index (χ0n) is 8.09. The molecule has 1 aromatic rings. The van der Waals surface area contributed by atoms with E-state index in [0.717, 1.165) is 13.1 Å². The van der Waals surface area contributed by atoms with Crippen LogP contribution in [0.4, 0.5) is 4.39 Å². The summed E-state index contributed by atoms with van der Waals surface area (Å²) in [5.41, 5.74) is 0.544. The van der Waals surface area contributed by atoms with E-state index in [1.54, 1.807) is 19.1 Å². The molecule has 0 unspecified atom stereocenters. The highest BCUT2D eigenvalue weighted by atomic mass is 19.1. The fourth-order valence-electron chi connectivity index (χ4n) is 1.24. The van der Waals surface area contributed by atoms with Crippen LogP contribution in [0.15, 0.2) is 12.1 Å². The Labute approximate surface area is 82.3 Å². The first kappa shape index (κ1) is 9.40. The number of aromatic nitrogens is 1. The van der Waals surface area contributed by atoms with E-state index in [-0.39, 0.29) is 0 Å². The lowest BCUT2D eigenvalue weighted by Crippen LogP contribution is -2.45. The van der Waals surface area contributed by atoms with Gasteiger partial charge in [0, 0.05) is 30.6 Å². The van der Waals surface area contributed by atoms with Crippen LogP contribution < -0.4 is 10.1 Å². The molecule has 76 valence electrons. The van der Waals surface area contributed by atoms with Crippen LogP contribution in [0.2, 0.25) is 0 Å². The maximum absolute atomic E-state index is 13.0. The smallest absolute Gasteiger partial charge is 0.219 e. The second-order valence-corrected chi connectivity index (χ2v) is 3.59. The molecule has 0 spiro atoms. The Morgan fingerprint density at radius 2 is 2.36 bits per heavy atom. The monoisotopic (exact) mass is 196 g/mol. The molecule has 0 atom stereocenters. The molecule has 14 heavy (non-hydrogen) atoms. The van der Waals surface area contributed by atoms with Crippen molar-refractivity contribution in [2.45, 2.75) is 6.92 Å². The summed E-state index contributed by atoms with van der Waals surface area (Å²) >= 11 is 0. The highest BCUT2D eigenvalue weighted by Crippen LogP contribution is 2.12. The van der Waals surface area contributed by atoms with Crippen molar-refractivity contribution in [3.8, 4) is 5.88 Å². The van der Waals surface area contributed by atoms with Gasteiger partial charge in [-0.05, 0) is 13.0 Å². The van der Waals surface area contributed by atoms with Gasteiger partial charge >= 0.3 is 0 Å². The summed E-state index contributed by atoms with van der Waals surface area (Å²) in [6.07, 6.45) is 0. The molecule has 0 bridgehead atoms. The Bertz CT molecular complexity index is 326. The standard InChI is InChI=1S/C10H13FN2O/c1-7-2-3-9(13-10(7)11)14-6-8-4-12-5-8/h2-3,8,12H,4-6H2,1H3. The average Bonchev–Trinajstić information content (AvgIpc) is 2.08. The van der Waals surface area contributed by atoms with Crippen LogP contribution in [0, 0.1) is 18.8 Å². The number of aryl methyl sites for hydroxylation is 1. The number of nitrogens with zero attached hydrogens (tertiary/aromatic N) is 1. The van der Waals surface area contributed by atoms with Gasteiger partial charge < -0.3 is 10.1 Å². The second-order valence-electron chi connectivity index (χ2n) is 3.59. The summed E-state index contributed by atoms with van der Waals surface area (Å²) < 4.78 is 18.4. The first-order chi connectivity index (χ1) is 6.75. The van der Waals surface area contributed by atoms with Gasteiger partial charge in [-0.2, -0.15) is 9.37 Å². The van der Waals surface area contributed by atoms with Gasteiger partial charge in [-0.25, -0.2) is 0 Å². The molecule has 0 aliphatic carbocycles. The van der Waals surface area contributed by atoms with Gasteiger partial charge in [-0.3, -0.25) is 0 Å². The maximum atomic E-state index is 13.0. The molecule has 2 heterocycles. The highest BCUT2D eigenvalue weighted by Gasteiger charge is 2.17. The SMILES string of the molecule is Cc1ccc(OCC2CNC2)nc1F. The van der Waals surface area contributed by atoms with Crippen LogP contribution in [0.3, 0.4) is 0 Å². The van der Waals surface area contributed by atoms with E-state index in [2.05, 4.69) is 10.3 Å². The van der Waals surface area contributed by atoms with Gasteiger partial charge in [0.1, 0.15) is 0 Å². The van der Waals surface area contributed by atoms with Crippen molar-refractivity contribution in [3.05, 3.63) is 23.6 Å². The Kier molecular flexibility index (Phi) is 2.63. The van der Waals surface area contributed by atoms with Crippen molar-refractivity contribution in [3.63, 3.8) is 0 Å². The summed E-state index contributed by atoms with van der Waals surface area (Å²) in [6, 6.07) is 3.38. The maximum Gasteiger partial charge on any atom is 0.219 e. The van der Waals surface area contributed by atoms with Gasteiger partial charge in [0.15, 0.2) is 0 Å². The number of ether oxygens (including phenoxy) is 1. The third kappa shape index (κ3) is 2.01. The third-order valence-electron chi connectivity index (χ3n) is 2.34. The summed E-state index contributed by atoms with van der Waals surface area (Å²) in [5.74, 6) is 0.468. The molecule has 4 heteroatoms. The average molecular weight is 196 g/mol. The predicted molar refractivity (Wildman–Crippen MR) is 50.8 cm³/mol. The molecule has 0 saturated carbocycles. The fraction of sp³-hybridized carbons (Fsp3) is 0.500. The van der Waals surface area contributed by atoms with Gasteiger partial charge in [0.25, 0.3) is 0 Å². The minimum Gasteiger partial charge on any atom is -0.477 e. The summed E-state index contributed by atoms with van der Waals surface area (Å²) in [5, 5.41) is 3.14. The quantitative estimate of drug-likeness (QED) is 0.736. The van der Waals surface area contributed by atoms with Gasteiger partial charge in [0.2, 0.25) is 11.8 Å². The van der Waals surface area contributed by atoms with Gasteiger partial charge in [0.05, 0.1) is 6.61 Å². The topological polar surface area (TPSA) is 34.1 Å². The second kappa shape index (κ2) is 3.92. The molecule has 1 fully saturated rings. The lowest BCUT2D eigenvalue weighted by Gasteiger charge is -2.26. The Hall–Kier alpha value is -1.16. The van der Waals surface area contributed by atoms with E-state index < -0.39 is 5.95 Å². The molecule has 1 saturated heterocycles. The molecule has 3 nitrogen and oxygen atoms in total. The van der Waals surface area contributed by atoms with Crippen LogP contribution in [0.1, 0.15) is 5.56 Å². The van der Waals surface area contributed by atoms with Crippen molar-refractivity contribution in [2.24, 2.45) is 5.92 Å². The molecular formula is C10H13FN2O. The third-order valence-corrected chi connectivity index (χ3v) is 2.34. The van der Waals surface area contributed by atoms with Crippen LogP contribution >= 0.6 is 0 Å². The lowest BCUT2D eigenvalue weighted by atomic mass is 10.1. The van der Waals surface area contributed by atoms with Crippen molar-refractivity contribution in [1.82, 2.24) is 10.3 Å². The minimum absolute atomic E-state index is 0.375. The number of hydrogen-bond donors (Lipinski definition) is 1. The summed E-state index contributed by atoms with van der Waals surface area (Å²) in [7, 11) is 0. The zero-order valence-corrected chi connectivity index (χ0v) is 8.09. The van der Waals surface area contributed by atoms with Crippen molar-refractivity contribution in [1.29, 1.82) is 0 Å². The zero-order chi connectivity index (χ0) is 9.97. The number of rotatable bonds is 3. The van der Waals surface area contributed by atoms with Crippen LogP contribution in [0.5, 0.6) is 5.88 Å². The van der Waals surface area contributed by atoms with E-state index in [9.17, 15) is 4.39 Å². The number of pyridine rings is 1. The Morgan fingerprint density at radius 3 is 2.93 bits per heavy atom. The molecule has 0 radical (unpaired) electrons. The summed E-state index contributed by atoms with van der Waals surface area (Å²) in [6.45, 7) is 4.26. The molecule has 2 rings (SSSR count). The highest BCUT2D eigenvalue weighted by molar-refractivity contribution is 5.17. The van der Waals surface area contributed by atoms with Crippen molar-refractivity contribution in [2.75, 3.05) is 19.7 Å². The molecule has 1 aromatic heterocycles. The molecular weight excluding hydrogens is 183 g/mol. The van der Waals surface area contributed by atoms with Crippen LogP contribution in [-0.2, 0) is 0 Å². The van der Waals surface area contributed by atoms with Crippen LogP contribution in [-0.4, -0.2) is 24.7 Å². The first-order valence-electron chi connectivity index (χ1n) is 4.72. The summed E-state index contributed by atoms with van der Waals surface area (Å²) in [4.78, 5) is 3.69. The minimum atomic E-state index is -0.450. The first-order valence-corrected chi connectivity index (χ1v) is 4.72. The Morgan fingerprint density at radius 1 is 1.57 bits per heavy atom. The van der Waals surface area contributed by atoms with Crippen molar-refractivity contribution >= 4 is 0 Å². The van der Waals surface area contributed by atoms with E-state index >= 15 is 0 Å². The molecule has 1 N–H and O–H groups in total. The number of halogens is 1. The van der Waals surface area contributed by atoms with Gasteiger partial charge in [-0.1, -0.05) is 0 Å².